The summed E-state index contributed by atoms with van der Waals surface area (Å²) in [4.78, 5) is 15.7. The van der Waals surface area contributed by atoms with Crippen molar-refractivity contribution in [2.45, 2.75) is 31.5 Å². The maximum Gasteiger partial charge on any atom is 0.407 e. The van der Waals surface area contributed by atoms with Crippen molar-refractivity contribution in [2.75, 3.05) is 13.2 Å². The smallest absolute Gasteiger partial charge is 0.407 e. The molecule has 0 bridgehead atoms. The second-order valence-corrected chi connectivity index (χ2v) is 7.87. The lowest BCUT2D eigenvalue weighted by Crippen LogP contribution is -2.31. The van der Waals surface area contributed by atoms with E-state index in [-0.39, 0.29) is 36.6 Å². The molecule has 0 saturated carbocycles. The maximum atomic E-state index is 13.6. The number of aliphatic hydroxyl groups excluding tert-OH is 2. The van der Waals surface area contributed by atoms with Gasteiger partial charge in [0.05, 0.1) is 6.10 Å². The number of hydrogen-bond acceptors (Lipinski definition) is 5. The first-order valence-electron chi connectivity index (χ1n) is 10.5. The summed E-state index contributed by atoms with van der Waals surface area (Å²) in [6.07, 6.45) is -1.74. The Balaban J connectivity index is 1.29. The first-order chi connectivity index (χ1) is 15.5. The predicted molar refractivity (Wildman–Crippen MR) is 118 cm³/mol. The third-order valence-electron chi connectivity index (χ3n) is 5.92. The van der Waals surface area contributed by atoms with Crippen LogP contribution in [-0.4, -0.2) is 40.5 Å². The van der Waals surface area contributed by atoms with Crippen molar-refractivity contribution >= 4 is 6.09 Å². The minimum absolute atomic E-state index is 0.0369. The van der Waals surface area contributed by atoms with Crippen LogP contribution >= 0.6 is 0 Å². The van der Waals surface area contributed by atoms with Crippen molar-refractivity contribution in [1.29, 1.82) is 0 Å². The standard InChI is InChI=1S/C25H25FN2O4/c1-15-16(10-12-27-24(15)26)23(30)22(29)11-13-28-25(31)32-14-21-19-8-4-2-6-17(19)18-7-3-5-9-20(18)21/h2-10,12,21-23,29-30H,11,13-14H2,1H3,(H,28,31). The number of halogens is 1. The molecule has 0 saturated heterocycles. The van der Waals surface area contributed by atoms with Gasteiger partial charge in [-0.3, -0.25) is 0 Å². The zero-order valence-electron chi connectivity index (χ0n) is 17.7. The Kier molecular flexibility index (Phi) is 6.48. The Morgan fingerprint density at radius 1 is 1.09 bits per heavy atom. The van der Waals surface area contributed by atoms with Crippen molar-refractivity contribution in [2.24, 2.45) is 0 Å². The number of nitrogens with one attached hydrogen (secondary N) is 1. The Labute approximate surface area is 185 Å². The van der Waals surface area contributed by atoms with E-state index < -0.39 is 24.2 Å². The van der Waals surface area contributed by atoms with E-state index in [4.69, 9.17) is 4.74 Å². The summed E-state index contributed by atoms with van der Waals surface area (Å²) in [5.41, 5.74) is 5.00. The molecule has 32 heavy (non-hydrogen) atoms. The molecule has 2 unspecified atom stereocenters. The second-order valence-electron chi connectivity index (χ2n) is 7.87. The topological polar surface area (TPSA) is 91.7 Å². The molecule has 1 amide bonds. The molecule has 3 N–H and O–H groups in total. The van der Waals surface area contributed by atoms with E-state index >= 15 is 0 Å². The van der Waals surface area contributed by atoms with Crippen molar-refractivity contribution in [3.63, 3.8) is 0 Å². The SMILES string of the molecule is Cc1c(C(O)C(O)CCNC(=O)OCC2c3ccccc3-c3ccccc32)ccnc1F. The first kappa shape index (κ1) is 21.9. The average molecular weight is 436 g/mol. The van der Waals surface area contributed by atoms with Gasteiger partial charge in [0, 0.05) is 24.2 Å². The van der Waals surface area contributed by atoms with Crippen LogP contribution in [0.3, 0.4) is 0 Å². The number of amides is 1. The number of nitrogens with zero attached hydrogens (tertiary/aromatic N) is 1. The number of aromatic nitrogens is 1. The largest absolute Gasteiger partial charge is 0.449 e. The molecule has 7 heteroatoms. The summed E-state index contributed by atoms with van der Waals surface area (Å²) in [5, 5.41) is 23.1. The first-order valence-corrected chi connectivity index (χ1v) is 10.5. The number of benzene rings is 2. The number of hydrogen-bond donors (Lipinski definition) is 3. The van der Waals surface area contributed by atoms with Crippen LogP contribution < -0.4 is 5.32 Å². The fourth-order valence-electron chi connectivity index (χ4n) is 4.18. The van der Waals surface area contributed by atoms with Crippen LogP contribution in [0.2, 0.25) is 0 Å². The van der Waals surface area contributed by atoms with Gasteiger partial charge in [-0.25, -0.2) is 9.78 Å². The van der Waals surface area contributed by atoms with Crippen molar-refractivity contribution < 1.29 is 24.1 Å². The molecule has 1 aliphatic carbocycles. The van der Waals surface area contributed by atoms with Crippen LogP contribution in [-0.2, 0) is 4.74 Å². The van der Waals surface area contributed by atoms with Crippen molar-refractivity contribution in [1.82, 2.24) is 10.3 Å². The van der Waals surface area contributed by atoms with Crippen LogP contribution in [0.4, 0.5) is 9.18 Å². The summed E-state index contributed by atoms with van der Waals surface area (Å²) >= 11 is 0. The zero-order chi connectivity index (χ0) is 22.7. The van der Waals surface area contributed by atoms with Gasteiger partial charge in [-0.05, 0) is 47.2 Å². The summed E-state index contributed by atoms with van der Waals surface area (Å²) in [7, 11) is 0. The monoisotopic (exact) mass is 436 g/mol. The van der Waals surface area contributed by atoms with Gasteiger partial charge in [-0.2, -0.15) is 4.39 Å². The number of fused-ring (bicyclic) bond motifs is 3. The van der Waals surface area contributed by atoms with Crippen LogP contribution in [0.5, 0.6) is 0 Å². The summed E-state index contributed by atoms with van der Waals surface area (Å²) in [6.45, 7) is 1.78. The van der Waals surface area contributed by atoms with Crippen LogP contribution in [0.1, 0.15) is 40.7 Å². The van der Waals surface area contributed by atoms with Crippen molar-refractivity contribution in [3.05, 3.63) is 89.0 Å². The molecule has 2 atom stereocenters. The molecule has 2 aromatic carbocycles. The normalized spacial score (nSPS) is 14.4. The van der Waals surface area contributed by atoms with E-state index in [0.717, 1.165) is 22.3 Å². The molecule has 166 valence electrons. The molecule has 1 aromatic heterocycles. The Hall–Kier alpha value is -3.29. The number of alkyl carbamates (subject to hydrolysis) is 1. The third-order valence-corrected chi connectivity index (χ3v) is 5.92. The summed E-state index contributed by atoms with van der Waals surface area (Å²) < 4.78 is 19.0. The van der Waals surface area contributed by atoms with Gasteiger partial charge >= 0.3 is 6.09 Å². The number of rotatable bonds is 7. The zero-order valence-corrected chi connectivity index (χ0v) is 17.7. The lowest BCUT2D eigenvalue weighted by Gasteiger charge is -2.20. The quantitative estimate of drug-likeness (QED) is 0.490. The molecule has 0 spiro atoms. The molecule has 4 rings (SSSR count). The summed E-state index contributed by atoms with van der Waals surface area (Å²) in [5.74, 6) is -0.726. The van der Waals surface area contributed by atoms with Gasteiger partial charge in [0.15, 0.2) is 0 Å². The molecule has 0 aliphatic heterocycles. The van der Waals surface area contributed by atoms with Crippen LogP contribution in [0.15, 0.2) is 60.8 Å². The van der Waals surface area contributed by atoms with E-state index in [1.165, 1.54) is 19.2 Å². The fraction of sp³-hybridized carbons (Fsp3) is 0.280. The number of carbonyl (C=O) groups is 1. The lowest BCUT2D eigenvalue weighted by atomic mass is 9.98. The highest BCUT2D eigenvalue weighted by atomic mass is 19.1. The number of carbonyl (C=O) groups excluding carboxylic acids is 1. The van der Waals surface area contributed by atoms with E-state index in [1.54, 1.807) is 0 Å². The fourth-order valence-corrected chi connectivity index (χ4v) is 4.18. The Morgan fingerprint density at radius 3 is 2.38 bits per heavy atom. The molecule has 0 fully saturated rings. The van der Waals surface area contributed by atoms with Crippen LogP contribution in [0.25, 0.3) is 11.1 Å². The van der Waals surface area contributed by atoms with Gasteiger partial charge in [-0.1, -0.05) is 48.5 Å². The predicted octanol–water partition coefficient (Wildman–Crippen LogP) is 3.85. The molecular weight excluding hydrogens is 411 g/mol. The molecular formula is C25H25FN2O4. The van der Waals surface area contributed by atoms with E-state index in [2.05, 4.69) is 22.4 Å². The van der Waals surface area contributed by atoms with Gasteiger partial charge < -0.3 is 20.3 Å². The average Bonchev–Trinajstić information content (AvgIpc) is 3.13. The number of ether oxygens (including phenoxy) is 1. The number of pyridine rings is 1. The van der Waals surface area contributed by atoms with E-state index in [9.17, 15) is 19.4 Å². The highest BCUT2D eigenvalue weighted by molar-refractivity contribution is 5.79. The second kappa shape index (κ2) is 9.46. The molecule has 1 aliphatic rings. The molecule has 6 nitrogen and oxygen atoms in total. The molecule has 1 heterocycles. The third kappa shape index (κ3) is 4.35. The van der Waals surface area contributed by atoms with Crippen LogP contribution in [0, 0.1) is 12.9 Å². The summed E-state index contributed by atoms with van der Waals surface area (Å²) in [6, 6.07) is 17.6. The van der Waals surface area contributed by atoms with Gasteiger partial charge in [0.25, 0.3) is 0 Å². The Morgan fingerprint density at radius 2 is 1.72 bits per heavy atom. The number of aliphatic hydroxyl groups is 2. The molecule has 0 radical (unpaired) electrons. The van der Waals surface area contributed by atoms with E-state index in [0.29, 0.717) is 0 Å². The van der Waals surface area contributed by atoms with Gasteiger partial charge in [-0.15, -0.1) is 0 Å². The minimum Gasteiger partial charge on any atom is -0.449 e. The van der Waals surface area contributed by atoms with Gasteiger partial charge in [0.1, 0.15) is 12.7 Å². The molecule has 3 aromatic rings. The van der Waals surface area contributed by atoms with Crippen molar-refractivity contribution in [3.8, 4) is 11.1 Å². The minimum atomic E-state index is -1.28. The highest BCUT2D eigenvalue weighted by Crippen LogP contribution is 2.44. The Bertz CT molecular complexity index is 1080. The highest BCUT2D eigenvalue weighted by Gasteiger charge is 2.29. The van der Waals surface area contributed by atoms with E-state index in [1.807, 2.05) is 36.4 Å². The lowest BCUT2D eigenvalue weighted by molar-refractivity contribution is 0.0130. The van der Waals surface area contributed by atoms with Gasteiger partial charge in [0.2, 0.25) is 5.95 Å². The maximum absolute atomic E-state index is 13.6.